The van der Waals surface area contributed by atoms with Gasteiger partial charge in [0, 0.05) is 0 Å². The number of hydrogen-bond donors (Lipinski definition) is 2. The van der Waals surface area contributed by atoms with Gasteiger partial charge in [-0.05, 0) is 11.8 Å². The van der Waals surface area contributed by atoms with Gasteiger partial charge in [-0.1, -0.05) is 20.8 Å². The molecule has 0 saturated carbocycles. The SMILES string of the molecule is CC(C)C(C)C(O)CC(=O)O. The number of hydrogen-bond acceptors (Lipinski definition) is 2. The van der Waals surface area contributed by atoms with Crippen LogP contribution in [0.2, 0.25) is 0 Å². The molecular formula is C8H16O3. The maximum Gasteiger partial charge on any atom is 0.305 e. The lowest BCUT2D eigenvalue weighted by molar-refractivity contribution is -0.140. The minimum absolute atomic E-state index is 0.0473. The Hall–Kier alpha value is -0.570. The molecule has 3 nitrogen and oxygen atoms in total. The molecule has 0 aliphatic heterocycles. The van der Waals surface area contributed by atoms with Crippen LogP contribution in [0.5, 0.6) is 0 Å². The van der Waals surface area contributed by atoms with Crippen molar-refractivity contribution in [2.24, 2.45) is 11.8 Å². The predicted molar refractivity (Wildman–Crippen MR) is 42.3 cm³/mol. The van der Waals surface area contributed by atoms with Crippen molar-refractivity contribution in [2.75, 3.05) is 0 Å². The summed E-state index contributed by atoms with van der Waals surface area (Å²) in [6, 6.07) is 0. The summed E-state index contributed by atoms with van der Waals surface area (Å²) in [5.74, 6) is -0.569. The molecule has 11 heavy (non-hydrogen) atoms. The van der Waals surface area contributed by atoms with Gasteiger partial charge in [-0.3, -0.25) is 4.79 Å². The highest BCUT2D eigenvalue weighted by Gasteiger charge is 2.19. The Morgan fingerprint density at radius 1 is 1.36 bits per heavy atom. The summed E-state index contributed by atoms with van der Waals surface area (Å²) < 4.78 is 0. The molecule has 2 unspecified atom stereocenters. The average Bonchev–Trinajstić information content (AvgIpc) is 1.84. The average molecular weight is 160 g/mol. The summed E-state index contributed by atoms with van der Waals surface area (Å²) >= 11 is 0. The van der Waals surface area contributed by atoms with Crippen LogP contribution in [0, 0.1) is 11.8 Å². The highest BCUT2D eigenvalue weighted by molar-refractivity contribution is 5.67. The van der Waals surface area contributed by atoms with E-state index in [0.717, 1.165) is 0 Å². The van der Waals surface area contributed by atoms with Crippen LogP contribution >= 0.6 is 0 Å². The second kappa shape index (κ2) is 4.34. The zero-order chi connectivity index (χ0) is 9.02. The number of rotatable bonds is 4. The third-order valence-electron chi connectivity index (χ3n) is 2.04. The molecule has 0 aromatic heterocycles. The van der Waals surface area contributed by atoms with Crippen molar-refractivity contribution in [3.63, 3.8) is 0 Å². The molecule has 0 fully saturated rings. The third-order valence-corrected chi connectivity index (χ3v) is 2.04. The fourth-order valence-electron chi connectivity index (χ4n) is 0.809. The molecule has 3 heteroatoms. The van der Waals surface area contributed by atoms with Crippen LogP contribution in [0.15, 0.2) is 0 Å². The largest absolute Gasteiger partial charge is 0.481 e. The Kier molecular flexibility index (Phi) is 4.11. The monoisotopic (exact) mass is 160 g/mol. The van der Waals surface area contributed by atoms with Crippen LogP contribution in [0.25, 0.3) is 0 Å². The molecule has 2 atom stereocenters. The van der Waals surface area contributed by atoms with Crippen molar-refractivity contribution >= 4 is 5.97 Å². The molecule has 0 aliphatic rings. The molecule has 2 N–H and O–H groups in total. The molecule has 0 saturated heterocycles. The summed E-state index contributed by atoms with van der Waals surface area (Å²) in [5.41, 5.74) is 0. The summed E-state index contributed by atoms with van der Waals surface area (Å²) in [6.07, 6.45) is -0.869. The standard InChI is InChI=1S/C8H16O3/c1-5(2)6(3)7(9)4-8(10)11/h5-7,9H,4H2,1-3H3,(H,10,11). The lowest BCUT2D eigenvalue weighted by Gasteiger charge is -2.20. The molecule has 0 spiro atoms. The van der Waals surface area contributed by atoms with Gasteiger partial charge in [0.25, 0.3) is 0 Å². The Balaban J connectivity index is 3.82. The van der Waals surface area contributed by atoms with E-state index in [1.165, 1.54) is 0 Å². The maximum atomic E-state index is 10.2. The molecule has 0 bridgehead atoms. The van der Waals surface area contributed by atoms with Crippen molar-refractivity contribution in [1.82, 2.24) is 0 Å². The van der Waals surface area contributed by atoms with Crippen LogP contribution in [-0.4, -0.2) is 22.3 Å². The van der Waals surface area contributed by atoms with E-state index in [1.807, 2.05) is 20.8 Å². The van der Waals surface area contributed by atoms with E-state index in [0.29, 0.717) is 5.92 Å². The second-order valence-corrected chi connectivity index (χ2v) is 3.27. The fraction of sp³-hybridized carbons (Fsp3) is 0.875. The van der Waals surface area contributed by atoms with Gasteiger partial charge in [0.05, 0.1) is 12.5 Å². The van der Waals surface area contributed by atoms with E-state index in [4.69, 9.17) is 5.11 Å². The lowest BCUT2D eigenvalue weighted by Crippen LogP contribution is -2.25. The van der Waals surface area contributed by atoms with Crippen LogP contribution in [0.4, 0.5) is 0 Å². The number of carboxylic acids is 1. The highest BCUT2D eigenvalue weighted by atomic mass is 16.4. The number of aliphatic hydroxyl groups is 1. The maximum absolute atomic E-state index is 10.2. The third kappa shape index (κ3) is 3.98. The van der Waals surface area contributed by atoms with Crippen LogP contribution in [0.1, 0.15) is 27.2 Å². The predicted octanol–water partition coefficient (Wildman–Crippen LogP) is 1.11. The fourth-order valence-corrected chi connectivity index (χ4v) is 0.809. The van der Waals surface area contributed by atoms with Gasteiger partial charge in [-0.2, -0.15) is 0 Å². The van der Waals surface area contributed by atoms with E-state index < -0.39 is 12.1 Å². The highest BCUT2D eigenvalue weighted by Crippen LogP contribution is 2.16. The Morgan fingerprint density at radius 3 is 2.09 bits per heavy atom. The van der Waals surface area contributed by atoms with Gasteiger partial charge >= 0.3 is 5.97 Å². The number of aliphatic hydroxyl groups excluding tert-OH is 1. The van der Waals surface area contributed by atoms with Gasteiger partial charge < -0.3 is 10.2 Å². The van der Waals surface area contributed by atoms with Crippen LogP contribution in [-0.2, 0) is 4.79 Å². The van der Waals surface area contributed by atoms with Gasteiger partial charge in [0.1, 0.15) is 0 Å². The van der Waals surface area contributed by atoms with Crippen molar-refractivity contribution in [2.45, 2.75) is 33.3 Å². The van der Waals surface area contributed by atoms with E-state index in [-0.39, 0.29) is 12.3 Å². The van der Waals surface area contributed by atoms with E-state index in [1.54, 1.807) is 0 Å². The van der Waals surface area contributed by atoms with Crippen molar-refractivity contribution in [3.8, 4) is 0 Å². The number of aliphatic carboxylic acids is 1. The van der Waals surface area contributed by atoms with E-state index in [9.17, 15) is 9.90 Å². The molecule has 66 valence electrons. The van der Waals surface area contributed by atoms with Gasteiger partial charge in [0.15, 0.2) is 0 Å². The first kappa shape index (κ1) is 10.4. The first-order chi connectivity index (χ1) is 4.95. The normalized spacial score (nSPS) is 16.5. The van der Waals surface area contributed by atoms with Gasteiger partial charge in [-0.15, -0.1) is 0 Å². The summed E-state index contributed by atoms with van der Waals surface area (Å²) in [4.78, 5) is 10.2. The molecule has 0 aliphatic carbocycles. The lowest BCUT2D eigenvalue weighted by atomic mass is 9.91. The van der Waals surface area contributed by atoms with E-state index in [2.05, 4.69) is 0 Å². The zero-order valence-electron chi connectivity index (χ0n) is 7.24. The van der Waals surface area contributed by atoms with Gasteiger partial charge in [-0.25, -0.2) is 0 Å². The minimum Gasteiger partial charge on any atom is -0.481 e. The smallest absolute Gasteiger partial charge is 0.305 e. The van der Waals surface area contributed by atoms with Crippen molar-refractivity contribution in [3.05, 3.63) is 0 Å². The quantitative estimate of drug-likeness (QED) is 0.647. The van der Waals surface area contributed by atoms with E-state index >= 15 is 0 Å². The first-order valence-corrected chi connectivity index (χ1v) is 3.85. The van der Waals surface area contributed by atoms with Crippen LogP contribution in [0.3, 0.4) is 0 Å². The summed E-state index contributed by atoms with van der Waals surface area (Å²) in [7, 11) is 0. The number of carbonyl (C=O) groups is 1. The van der Waals surface area contributed by atoms with Gasteiger partial charge in [0.2, 0.25) is 0 Å². The first-order valence-electron chi connectivity index (χ1n) is 3.85. The van der Waals surface area contributed by atoms with Crippen molar-refractivity contribution < 1.29 is 15.0 Å². The second-order valence-electron chi connectivity index (χ2n) is 3.27. The summed E-state index contributed by atoms with van der Waals surface area (Å²) in [6.45, 7) is 5.80. The number of carboxylic acid groups (broad SMARTS) is 1. The minimum atomic E-state index is -0.940. The molecule has 0 amide bonds. The Morgan fingerprint density at radius 2 is 1.82 bits per heavy atom. The molecule has 0 aromatic rings. The summed E-state index contributed by atoms with van der Waals surface area (Å²) in [5, 5.41) is 17.6. The molecule has 0 rings (SSSR count). The molecule has 0 heterocycles. The molecular weight excluding hydrogens is 144 g/mol. The zero-order valence-corrected chi connectivity index (χ0v) is 7.24. The van der Waals surface area contributed by atoms with Crippen molar-refractivity contribution in [1.29, 1.82) is 0 Å². The molecule has 0 aromatic carbocycles. The van der Waals surface area contributed by atoms with Crippen LogP contribution < -0.4 is 0 Å². The Bertz CT molecular complexity index is 131. The topological polar surface area (TPSA) is 57.5 Å². The Labute approximate surface area is 67.0 Å². The molecule has 0 radical (unpaired) electrons.